The van der Waals surface area contributed by atoms with Crippen molar-refractivity contribution in [1.29, 1.82) is 0 Å². The first-order valence-corrected chi connectivity index (χ1v) is 14.2. The first-order valence-electron chi connectivity index (χ1n) is 14.2. The summed E-state index contributed by atoms with van der Waals surface area (Å²) in [7, 11) is 0. The van der Waals surface area contributed by atoms with Crippen molar-refractivity contribution in [2.24, 2.45) is 0 Å². The van der Waals surface area contributed by atoms with Gasteiger partial charge in [-0.05, 0) is 88.1 Å². The van der Waals surface area contributed by atoms with Crippen LogP contribution in [0, 0.1) is 0 Å². The second-order valence-corrected chi connectivity index (χ2v) is 10.6. The molecule has 3 N–H and O–H groups in total. The molecule has 10 nitrogen and oxygen atoms in total. The van der Waals surface area contributed by atoms with Crippen LogP contribution in [0.1, 0.15) is 77.2 Å². The minimum atomic E-state index is -0.904. The van der Waals surface area contributed by atoms with Gasteiger partial charge in [0.25, 0.3) is 11.8 Å². The summed E-state index contributed by atoms with van der Waals surface area (Å²) in [6.45, 7) is 14.6. The highest BCUT2D eigenvalue weighted by Crippen LogP contribution is 2.24. The lowest BCUT2D eigenvalue weighted by atomic mass is 10.0. The van der Waals surface area contributed by atoms with Crippen LogP contribution in [-0.2, 0) is 23.9 Å². The molecule has 0 saturated carbocycles. The number of fused-ring (bicyclic) bond motifs is 1. The van der Waals surface area contributed by atoms with Crippen LogP contribution < -0.4 is 16.1 Å². The van der Waals surface area contributed by atoms with Crippen LogP contribution in [-0.4, -0.2) is 52.3 Å². The number of pyridine rings is 1. The van der Waals surface area contributed by atoms with Crippen LogP contribution in [0.4, 0.5) is 0 Å². The van der Waals surface area contributed by atoms with Crippen molar-refractivity contribution in [2.45, 2.75) is 78.0 Å². The largest absolute Gasteiger partial charge is 0.457 e. The van der Waals surface area contributed by atoms with Crippen molar-refractivity contribution in [3.63, 3.8) is 0 Å². The maximum Gasteiger partial charge on any atom is 0.325 e. The van der Waals surface area contributed by atoms with Gasteiger partial charge in [-0.3, -0.25) is 29.2 Å². The van der Waals surface area contributed by atoms with E-state index in [2.05, 4.69) is 34.2 Å². The number of nitrogens with zero attached hydrogens (tertiary/aromatic N) is 2. The predicted molar refractivity (Wildman–Crippen MR) is 162 cm³/mol. The lowest BCUT2D eigenvalue weighted by Gasteiger charge is -2.34. The summed E-state index contributed by atoms with van der Waals surface area (Å²) < 4.78 is 5.77. The molecular weight excluding hydrogens is 534 g/mol. The van der Waals surface area contributed by atoms with Crippen LogP contribution >= 0.6 is 0 Å². The third kappa shape index (κ3) is 8.59. The van der Waals surface area contributed by atoms with Crippen molar-refractivity contribution < 1.29 is 23.9 Å². The second-order valence-electron chi connectivity index (χ2n) is 10.6. The molecule has 0 radical (unpaired) electrons. The Hall–Kier alpha value is -4.31. The van der Waals surface area contributed by atoms with E-state index in [-0.39, 0.29) is 18.0 Å². The zero-order chi connectivity index (χ0) is 30.8. The van der Waals surface area contributed by atoms with Crippen LogP contribution in [0.15, 0.2) is 61.0 Å². The third-order valence-electron chi connectivity index (χ3n) is 7.00. The molecule has 0 unspecified atom stereocenters. The molecule has 2 aromatic rings. The predicted octanol–water partition coefficient (Wildman–Crippen LogP) is 4.25. The smallest absolute Gasteiger partial charge is 0.325 e. The fraction of sp³-hybridized carbons (Fsp3) is 0.406. The van der Waals surface area contributed by atoms with Gasteiger partial charge in [-0.25, -0.2) is 5.43 Å². The van der Waals surface area contributed by atoms with E-state index in [4.69, 9.17) is 4.74 Å². The topological polar surface area (TPSA) is 130 Å². The third-order valence-corrected chi connectivity index (χ3v) is 7.00. The Kier molecular flexibility index (Phi) is 11.6. The zero-order valence-corrected chi connectivity index (χ0v) is 24.9. The Morgan fingerprint density at radius 3 is 2.62 bits per heavy atom. The van der Waals surface area contributed by atoms with E-state index >= 15 is 0 Å². The molecule has 42 heavy (non-hydrogen) atoms. The summed E-state index contributed by atoms with van der Waals surface area (Å²) >= 11 is 0. The second kappa shape index (κ2) is 15.1. The maximum absolute atomic E-state index is 13.2. The van der Waals surface area contributed by atoms with E-state index in [1.807, 2.05) is 24.3 Å². The molecule has 3 amide bonds. The van der Waals surface area contributed by atoms with Gasteiger partial charge in [0.1, 0.15) is 23.9 Å². The van der Waals surface area contributed by atoms with Crippen molar-refractivity contribution in [2.75, 3.05) is 6.54 Å². The number of esters is 1. The van der Waals surface area contributed by atoms with Gasteiger partial charge in [0.2, 0.25) is 5.91 Å². The first-order chi connectivity index (χ1) is 20.0. The number of aromatic nitrogens is 1. The Bertz CT molecular complexity index is 1380. The van der Waals surface area contributed by atoms with E-state index in [1.165, 1.54) is 5.01 Å². The molecule has 1 aromatic carbocycles. The molecule has 10 heteroatoms. The number of amides is 3. The fourth-order valence-electron chi connectivity index (χ4n) is 4.56. The SMILES string of the molecule is C=CCCCC(=O)NC(C(=O)N[C@@H](C)C(=O)N1CCC[C@@H](C(=O)O[C@H](C)c2ccc3cnc(C=C)cc3c2)N1)=C(C)C. The number of hydrogen-bond acceptors (Lipinski definition) is 7. The summed E-state index contributed by atoms with van der Waals surface area (Å²) in [5.41, 5.74) is 5.29. The molecule has 1 saturated heterocycles. The van der Waals surface area contributed by atoms with Gasteiger partial charge < -0.3 is 15.4 Å². The normalized spacial score (nSPS) is 16.1. The van der Waals surface area contributed by atoms with E-state index in [0.717, 1.165) is 22.0 Å². The monoisotopic (exact) mass is 575 g/mol. The van der Waals surface area contributed by atoms with Gasteiger partial charge in [0.05, 0.1) is 5.69 Å². The van der Waals surface area contributed by atoms with Gasteiger partial charge in [-0.2, -0.15) is 0 Å². The van der Waals surface area contributed by atoms with Crippen molar-refractivity contribution in [3.8, 4) is 0 Å². The molecule has 0 spiro atoms. The summed E-state index contributed by atoms with van der Waals surface area (Å²) in [5.74, 6) is -1.71. The summed E-state index contributed by atoms with van der Waals surface area (Å²) in [6.07, 6.45) is 7.34. The maximum atomic E-state index is 13.2. The standard InChI is InChI=1S/C32H41N5O5/c1-7-9-10-13-28(38)35-29(20(3)4)30(39)34-21(5)31(40)37-16-11-12-27(36-37)32(41)42-22(6)23-14-15-24-19-33-26(8-2)18-25(24)17-23/h7-8,14-15,17-19,21-22,27,36H,1-2,9-13,16H2,3-6H3,(H,34,39)(H,35,38)/t21-,22+,27-/m0/s1. The molecule has 224 valence electrons. The van der Waals surface area contributed by atoms with Crippen LogP contribution in [0.25, 0.3) is 16.8 Å². The van der Waals surface area contributed by atoms with Gasteiger partial charge in [-0.15, -0.1) is 6.58 Å². The fourth-order valence-corrected chi connectivity index (χ4v) is 4.56. The minimum Gasteiger partial charge on any atom is -0.457 e. The average Bonchev–Trinajstić information content (AvgIpc) is 2.98. The molecule has 3 atom stereocenters. The van der Waals surface area contributed by atoms with E-state index < -0.39 is 36.0 Å². The number of benzene rings is 1. The summed E-state index contributed by atoms with van der Waals surface area (Å²) in [4.78, 5) is 55.7. The highest BCUT2D eigenvalue weighted by Gasteiger charge is 2.32. The zero-order valence-electron chi connectivity index (χ0n) is 24.9. The molecule has 1 aliphatic heterocycles. The first kappa shape index (κ1) is 32.2. The highest BCUT2D eigenvalue weighted by molar-refractivity contribution is 6.00. The molecule has 1 fully saturated rings. The number of hydrazine groups is 1. The number of hydrogen-bond donors (Lipinski definition) is 3. The van der Waals surface area contributed by atoms with Crippen LogP contribution in [0.2, 0.25) is 0 Å². The quantitative estimate of drug-likeness (QED) is 0.149. The molecule has 1 aromatic heterocycles. The van der Waals surface area contributed by atoms with Crippen LogP contribution in [0.3, 0.4) is 0 Å². The molecule has 1 aliphatic rings. The van der Waals surface area contributed by atoms with E-state index in [1.54, 1.807) is 46.0 Å². The number of unbranched alkanes of at least 4 members (excludes halogenated alkanes) is 1. The number of ether oxygens (including phenoxy) is 1. The van der Waals surface area contributed by atoms with Crippen LogP contribution in [0.5, 0.6) is 0 Å². The van der Waals surface area contributed by atoms with E-state index in [9.17, 15) is 19.2 Å². The van der Waals surface area contributed by atoms with Gasteiger partial charge in [0.15, 0.2) is 0 Å². The molecule has 0 bridgehead atoms. The number of rotatable bonds is 12. The van der Waals surface area contributed by atoms with Crippen molar-refractivity contribution in [3.05, 3.63) is 72.2 Å². The summed E-state index contributed by atoms with van der Waals surface area (Å²) in [6, 6.07) is 6.09. The molecule has 3 rings (SSSR count). The average molecular weight is 576 g/mol. The number of carbonyl (C=O) groups is 4. The molecular formula is C32H41N5O5. The lowest BCUT2D eigenvalue weighted by Crippen LogP contribution is -2.59. The van der Waals surface area contributed by atoms with Gasteiger partial charge in [-0.1, -0.05) is 24.8 Å². The number of allylic oxidation sites excluding steroid dienone is 2. The minimum absolute atomic E-state index is 0.117. The highest BCUT2D eigenvalue weighted by atomic mass is 16.5. The lowest BCUT2D eigenvalue weighted by molar-refractivity contribution is -0.156. The van der Waals surface area contributed by atoms with Crippen molar-refractivity contribution >= 4 is 40.5 Å². The van der Waals surface area contributed by atoms with Crippen molar-refractivity contribution in [1.82, 2.24) is 26.1 Å². The Labute approximate surface area is 247 Å². The van der Waals surface area contributed by atoms with Gasteiger partial charge in [0, 0.05) is 24.5 Å². The summed E-state index contributed by atoms with van der Waals surface area (Å²) in [5, 5.41) is 8.60. The number of carbonyl (C=O) groups excluding carboxylic acids is 4. The Balaban J connectivity index is 1.58. The van der Waals surface area contributed by atoms with E-state index in [0.29, 0.717) is 37.8 Å². The Morgan fingerprint density at radius 2 is 1.93 bits per heavy atom. The number of nitrogens with one attached hydrogen (secondary N) is 3. The Morgan fingerprint density at radius 1 is 1.17 bits per heavy atom. The molecule has 2 heterocycles. The van der Waals surface area contributed by atoms with Gasteiger partial charge >= 0.3 is 5.97 Å². The molecule has 0 aliphatic carbocycles.